The Kier molecular flexibility index (Phi) is 22.7. The van der Waals surface area contributed by atoms with Crippen molar-refractivity contribution in [3.05, 3.63) is 12.2 Å². The van der Waals surface area contributed by atoms with Crippen LogP contribution in [-0.2, 0) is 28.6 Å². The SMILES string of the molecule is CCCCCCC/C=C\CCCCCCCC(=O)OC(COCCC(C(=O)O)[N+](C)(C)C)COC(=O)CCC. The van der Waals surface area contributed by atoms with Gasteiger partial charge in [-0.2, -0.15) is 0 Å². The van der Waals surface area contributed by atoms with E-state index in [2.05, 4.69) is 19.1 Å². The van der Waals surface area contributed by atoms with Gasteiger partial charge in [0, 0.05) is 19.3 Å². The molecule has 228 valence electrons. The number of carboxylic acid groups (broad SMARTS) is 1. The van der Waals surface area contributed by atoms with E-state index >= 15 is 0 Å². The van der Waals surface area contributed by atoms with Gasteiger partial charge in [-0.25, -0.2) is 4.79 Å². The third kappa shape index (κ3) is 22.6. The van der Waals surface area contributed by atoms with Crippen LogP contribution in [0, 0.1) is 0 Å². The van der Waals surface area contributed by atoms with Crippen molar-refractivity contribution >= 4 is 17.9 Å². The Morgan fingerprint density at radius 2 is 1.33 bits per heavy atom. The molecule has 0 aromatic carbocycles. The molecule has 0 saturated carbocycles. The molecule has 0 fully saturated rings. The molecule has 0 aliphatic heterocycles. The van der Waals surface area contributed by atoms with Crippen LogP contribution in [0.1, 0.15) is 117 Å². The number of esters is 2. The molecule has 0 spiro atoms. The number of allylic oxidation sites excluding steroid dienone is 2. The molecule has 0 radical (unpaired) electrons. The number of ether oxygens (including phenoxy) is 3. The summed E-state index contributed by atoms with van der Waals surface area (Å²) in [6.07, 6.45) is 19.6. The number of likely N-dealkylation sites (N-methyl/N-ethyl adjacent to an activating group) is 1. The lowest BCUT2D eigenvalue weighted by atomic mass is 10.1. The molecule has 2 atom stereocenters. The number of hydrogen-bond donors (Lipinski definition) is 1. The maximum Gasteiger partial charge on any atom is 0.362 e. The molecule has 0 saturated heterocycles. The number of aliphatic carboxylic acids is 1. The highest BCUT2D eigenvalue weighted by Gasteiger charge is 2.31. The average Bonchev–Trinajstić information content (AvgIpc) is 2.86. The number of hydrogen-bond acceptors (Lipinski definition) is 6. The first-order valence-electron chi connectivity index (χ1n) is 15.2. The highest BCUT2D eigenvalue weighted by molar-refractivity contribution is 5.72. The summed E-state index contributed by atoms with van der Waals surface area (Å²) in [6, 6.07) is -0.607. The van der Waals surface area contributed by atoms with Gasteiger partial charge in [0.2, 0.25) is 0 Å². The topological polar surface area (TPSA) is 99.1 Å². The van der Waals surface area contributed by atoms with Crippen molar-refractivity contribution < 1.29 is 38.2 Å². The summed E-state index contributed by atoms with van der Waals surface area (Å²) >= 11 is 0. The van der Waals surface area contributed by atoms with Gasteiger partial charge in [0.1, 0.15) is 6.61 Å². The van der Waals surface area contributed by atoms with Crippen LogP contribution >= 0.6 is 0 Å². The smallest absolute Gasteiger partial charge is 0.362 e. The number of carbonyl (C=O) groups excluding carboxylic acids is 2. The number of nitrogens with zero attached hydrogens (tertiary/aromatic N) is 1. The van der Waals surface area contributed by atoms with E-state index in [1.54, 1.807) is 0 Å². The molecule has 39 heavy (non-hydrogen) atoms. The Morgan fingerprint density at radius 1 is 0.744 bits per heavy atom. The van der Waals surface area contributed by atoms with Crippen LogP contribution < -0.4 is 0 Å². The van der Waals surface area contributed by atoms with Crippen molar-refractivity contribution in [1.82, 2.24) is 0 Å². The van der Waals surface area contributed by atoms with E-state index in [0.29, 0.717) is 25.7 Å². The second kappa shape index (κ2) is 23.9. The van der Waals surface area contributed by atoms with Crippen molar-refractivity contribution in [2.24, 2.45) is 0 Å². The first-order valence-corrected chi connectivity index (χ1v) is 15.2. The van der Waals surface area contributed by atoms with Crippen LogP contribution in [-0.4, -0.2) is 80.6 Å². The summed E-state index contributed by atoms with van der Waals surface area (Å²) in [5, 5.41) is 9.46. The number of carboxylic acids is 1. The summed E-state index contributed by atoms with van der Waals surface area (Å²) in [6.45, 7) is 4.33. The zero-order chi connectivity index (χ0) is 29.4. The maximum atomic E-state index is 12.4. The lowest BCUT2D eigenvalue weighted by Gasteiger charge is -2.31. The first kappa shape index (κ1) is 37.1. The molecule has 0 amide bonds. The highest BCUT2D eigenvalue weighted by atomic mass is 16.6. The van der Waals surface area contributed by atoms with Gasteiger partial charge in [-0.15, -0.1) is 0 Å². The fraction of sp³-hybridized carbons (Fsp3) is 0.839. The van der Waals surface area contributed by atoms with E-state index in [9.17, 15) is 19.5 Å². The molecular weight excluding hydrogens is 498 g/mol. The molecular formula is C31H58NO7+. The number of rotatable bonds is 26. The van der Waals surface area contributed by atoms with Crippen molar-refractivity contribution in [2.45, 2.75) is 129 Å². The van der Waals surface area contributed by atoms with Crippen molar-refractivity contribution in [3.63, 3.8) is 0 Å². The lowest BCUT2D eigenvalue weighted by molar-refractivity contribution is -0.887. The molecule has 1 N–H and O–H groups in total. The molecule has 0 rings (SSSR count). The molecule has 0 aromatic heterocycles. The number of unbranched alkanes of at least 4 members (excludes halogenated alkanes) is 10. The van der Waals surface area contributed by atoms with Crippen LogP contribution in [0.15, 0.2) is 12.2 Å². The predicted molar refractivity (Wildman–Crippen MR) is 155 cm³/mol. The van der Waals surface area contributed by atoms with Crippen LogP contribution in [0.25, 0.3) is 0 Å². The summed E-state index contributed by atoms with van der Waals surface area (Å²) in [5.41, 5.74) is 0. The number of quaternary nitrogens is 1. The minimum Gasteiger partial charge on any atom is -0.477 e. The minimum atomic E-state index is -0.882. The van der Waals surface area contributed by atoms with Crippen LogP contribution in [0.5, 0.6) is 0 Å². The third-order valence-electron chi connectivity index (χ3n) is 6.63. The minimum absolute atomic E-state index is 0.0564. The maximum absolute atomic E-state index is 12.4. The molecule has 8 nitrogen and oxygen atoms in total. The molecule has 0 aliphatic carbocycles. The standard InChI is InChI=1S/C31H57NO7/c1-6-8-9-10-11-12-13-14-15-16-17-18-19-20-22-30(34)39-27(26-38-29(33)21-7-2)25-37-24-23-28(31(35)36)32(3,4)5/h13-14,27-28H,6-12,15-26H2,1-5H3/p+1/b14-13-. The molecule has 0 bridgehead atoms. The Morgan fingerprint density at radius 3 is 1.90 bits per heavy atom. The highest BCUT2D eigenvalue weighted by Crippen LogP contribution is 2.12. The van der Waals surface area contributed by atoms with Gasteiger partial charge in [-0.05, 0) is 38.5 Å². The average molecular weight is 557 g/mol. The molecule has 0 aliphatic rings. The van der Waals surface area contributed by atoms with Crippen LogP contribution in [0.2, 0.25) is 0 Å². The Balaban J connectivity index is 4.23. The monoisotopic (exact) mass is 556 g/mol. The Bertz CT molecular complexity index is 672. The van der Waals surface area contributed by atoms with E-state index in [4.69, 9.17) is 14.2 Å². The van der Waals surface area contributed by atoms with E-state index in [1.807, 2.05) is 28.1 Å². The van der Waals surface area contributed by atoms with E-state index in [0.717, 1.165) is 32.1 Å². The van der Waals surface area contributed by atoms with Gasteiger partial charge < -0.3 is 23.8 Å². The van der Waals surface area contributed by atoms with Gasteiger partial charge in [0.15, 0.2) is 12.1 Å². The zero-order valence-corrected chi connectivity index (χ0v) is 25.6. The van der Waals surface area contributed by atoms with Crippen molar-refractivity contribution in [1.29, 1.82) is 0 Å². The van der Waals surface area contributed by atoms with Gasteiger partial charge in [-0.3, -0.25) is 9.59 Å². The van der Waals surface area contributed by atoms with Crippen LogP contribution in [0.4, 0.5) is 0 Å². The van der Waals surface area contributed by atoms with Gasteiger partial charge in [-0.1, -0.05) is 70.9 Å². The van der Waals surface area contributed by atoms with Crippen LogP contribution in [0.3, 0.4) is 0 Å². The molecule has 0 aromatic rings. The molecule has 2 unspecified atom stereocenters. The Hall–Kier alpha value is -1.93. The lowest BCUT2D eigenvalue weighted by Crippen LogP contribution is -2.50. The number of carbonyl (C=O) groups is 3. The van der Waals surface area contributed by atoms with E-state index in [1.165, 1.54) is 44.9 Å². The van der Waals surface area contributed by atoms with E-state index < -0.39 is 18.1 Å². The normalized spacial score (nSPS) is 13.4. The second-order valence-corrected chi connectivity index (χ2v) is 11.4. The first-order chi connectivity index (χ1) is 18.6. The third-order valence-corrected chi connectivity index (χ3v) is 6.63. The summed E-state index contributed by atoms with van der Waals surface area (Å²) < 4.78 is 16.7. The zero-order valence-electron chi connectivity index (χ0n) is 25.6. The van der Waals surface area contributed by atoms with Crippen molar-refractivity contribution in [3.8, 4) is 0 Å². The van der Waals surface area contributed by atoms with Gasteiger partial charge in [0.05, 0.1) is 34.4 Å². The predicted octanol–water partition coefficient (Wildman–Crippen LogP) is 6.46. The molecule has 0 heterocycles. The van der Waals surface area contributed by atoms with Gasteiger partial charge >= 0.3 is 17.9 Å². The Labute approximate surface area is 238 Å². The summed E-state index contributed by atoms with van der Waals surface area (Å²) in [4.78, 5) is 35.7. The second-order valence-electron chi connectivity index (χ2n) is 11.4. The van der Waals surface area contributed by atoms with Crippen molar-refractivity contribution in [2.75, 3.05) is 41.0 Å². The fourth-order valence-corrected chi connectivity index (χ4v) is 4.24. The summed E-state index contributed by atoms with van der Waals surface area (Å²) in [5.74, 6) is -1.55. The van der Waals surface area contributed by atoms with E-state index in [-0.39, 0.29) is 36.2 Å². The molecule has 8 heteroatoms. The summed E-state index contributed by atoms with van der Waals surface area (Å²) in [7, 11) is 5.47. The largest absolute Gasteiger partial charge is 0.477 e. The fourth-order valence-electron chi connectivity index (χ4n) is 4.24. The quantitative estimate of drug-likeness (QED) is 0.0565. The van der Waals surface area contributed by atoms with Gasteiger partial charge in [0.25, 0.3) is 0 Å².